The minimum Gasteiger partial charge on any atom is -0.490 e. The van der Waals surface area contributed by atoms with Gasteiger partial charge in [-0.05, 0) is 6.42 Å². The van der Waals surface area contributed by atoms with E-state index in [1.807, 2.05) is 4.90 Å². The molecule has 2 aliphatic rings. The minimum absolute atomic E-state index is 0.0526. The van der Waals surface area contributed by atoms with E-state index >= 15 is 4.39 Å². The summed E-state index contributed by atoms with van der Waals surface area (Å²) in [4.78, 5) is 29.2. The standard InChI is InChI=1S/C20H19FN8O2/c21-16-11-27(18-19-25-12-26-29(19)4-2-24-18)3-1-15(16)20(30)28-5-6-31-17-13(7-22)8-23-9-14(17)10-28/h2,4,8-9,12,15-16H,1,3,5-6,10-11H2/t15-,16-/m0/s1. The van der Waals surface area contributed by atoms with Crippen molar-refractivity contribution in [3.05, 3.63) is 42.2 Å². The number of nitriles is 1. The number of piperidine rings is 1. The molecule has 11 heteroatoms. The highest BCUT2D eigenvalue weighted by molar-refractivity contribution is 5.80. The van der Waals surface area contributed by atoms with E-state index in [9.17, 15) is 10.1 Å². The number of nitrogens with zero attached hydrogens (tertiary/aromatic N) is 8. The summed E-state index contributed by atoms with van der Waals surface area (Å²) in [5.41, 5.74) is 1.54. The number of anilines is 1. The van der Waals surface area contributed by atoms with Gasteiger partial charge in [0.2, 0.25) is 5.91 Å². The van der Waals surface area contributed by atoms with Crippen LogP contribution in [0, 0.1) is 17.2 Å². The second-order valence-corrected chi connectivity index (χ2v) is 7.53. The zero-order chi connectivity index (χ0) is 21.4. The smallest absolute Gasteiger partial charge is 0.229 e. The predicted molar refractivity (Wildman–Crippen MR) is 106 cm³/mol. The van der Waals surface area contributed by atoms with Crippen molar-refractivity contribution < 1.29 is 13.9 Å². The van der Waals surface area contributed by atoms with Gasteiger partial charge in [-0.1, -0.05) is 0 Å². The van der Waals surface area contributed by atoms with Gasteiger partial charge in [0, 0.05) is 36.9 Å². The van der Waals surface area contributed by atoms with Crippen LogP contribution in [0.15, 0.2) is 31.1 Å². The number of hydrogen-bond donors (Lipinski definition) is 0. The summed E-state index contributed by atoms with van der Waals surface area (Å²) in [5, 5.41) is 13.3. The molecule has 0 radical (unpaired) electrons. The minimum atomic E-state index is -1.35. The lowest BCUT2D eigenvalue weighted by Gasteiger charge is -2.36. The quantitative estimate of drug-likeness (QED) is 0.601. The molecule has 2 aliphatic heterocycles. The third-order valence-electron chi connectivity index (χ3n) is 5.71. The fourth-order valence-electron chi connectivity index (χ4n) is 4.16. The summed E-state index contributed by atoms with van der Waals surface area (Å²) in [6.45, 7) is 1.34. The van der Waals surface area contributed by atoms with E-state index in [4.69, 9.17) is 4.74 Å². The van der Waals surface area contributed by atoms with Gasteiger partial charge in [0.05, 0.1) is 25.6 Å². The van der Waals surface area contributed by atoms with E-state index in [1.54, 1.807) is 28.0 Å². The van der Waals surface area contributed by atoms with Gasteiger partial charge in [-0.3, -0.25) is 9.78 Å². The molecule has 0 saturated carbocycles. The number of rotatable bonds is 2. The van der Waals surface area contributed by atoms with E-state index in [0.29, 0.717) is 47.9 Å². The van der Waals surface area contributed by atoms with Crippen LogP contribution in [0.2, 0.25) is 0 Å². The van der Waals surface area contributed by atoms with Crippen LogP contribution in [0.3, 0.4) is 0 Å². The molecule has 3 aromatic heterocycles. The average molecular weight is 422 g/mol. The van der Waals surface area contributed by atoms with Crippen molar-refractivity contribution in [2.24, 2.45) is 5.92 Å². The molecule has 0 bridgehead atoms. The van der Waals surface area contributed by atoms with Crippen molar-refractivity contribution in [2.45, 2.75) is 19.1 Å². The van der Waals surface area contributed by atoms with Crippen molar-refractivity contribution in [3.8, 4) is 11.8 Å². The van der Waals surface area contributed by atoms with Crippen molar-refractivity contribution in [3.63, 3.8) is 0 Å². The van der Waals surface area contributed by atoms with E-state index in [1.165, 1.54) is 12.5 Å². The SMILES string of the molecule is N#Cc1cncc2c1OCCN(C(=O)[C@H]1CCN(c3nccn4ncnc34)C[C@@H]1F)C2. The fraction of sp³-hybridized carbons (Fsp3) is 0.400. The third-order valence-corrected chi connectivity index (χ3v) is 5.71. The Kier molecular flexibility index (Phi) is 4.82. The molecule has 1 fully saturated rings. The summed E-state index contributed by atoms with van der Waals surface area (Å²) in [5.74, 6) is 0.00904. The van der Waals surface area contributed by atoms with Crippen LogP contribution in [-0.2, 0) is 11.3 Å². The Hall–Kier alpha value is -3.81. The van der Waals surface area contributed by atoms with Crippen LogP contribution in [0.4, 0.5) is 10.2 Å². The highest BCUT2D eigenvalue weighted by Crippen LogP contribution is 2.30. The molecule has 0 unspecified atom stereocenters. The largest absolute Gasteiger partial charge is 0.490 e. The van der Waals surface area contributed by atoms with Crippen LogP contribution < -0.4 is 9.64 Å². The molecule has 158 valence electrons. The summed E-state index contributed by atoms with van der Waals surface area (Å²) in [6, 6.07) is 2.05. The lowest BCUT2D eigenvalue weighted by atomic mass is 9.93. The van der Waals surface area contributed by atoms with E-state index in [-0.39, 0.29) is 25.6 Å². The van der Waals surface area contributed by atoms with Crippen molar-refractivity contribution in [2.75, 3.05) is 31.1 Å². The zero-order valence-electron chi connectivity index (χ0n) is 16.6. The van der Waals surface area contributed by atoms with Crippen molar-refractivity contribution in [1.82, 2.24) is 29.5 Å². The number of amides is 1. The first-order valence-electron chi connectivity index (χ1n) is 9.97. The van der Waals surface area contributed by atoms with Gasteiger partial charge in [0.15, 0.2) is 11.5 Å². The third kappa shape index (κ3) is 3.39. The maximum Gasteiger partial charge on any atom is 0.229 e. The summed E-state index contributed by atoms with van der Waals surface area (Å²) < 4.78 is 22.5. The average Bonchev–Trinajstić information content (AvgIpc) is 3.17. The Labute approximate surface area is 176 Å². The molecule has 2 atom stereocenters. The zero-order valence-corrected chi connectivity index (χ0v) is 16.6. The first kappa shape index (κ1) is 19.2. The Balaban J connectivity index is 1.32. The number of carbonyl (C=O) groups excluding carboxylic acids is 1. The van der Waals surface area contributed by atoms with Gasteiger partial charge in [0.25, 0.3) is 0 Å². The molecule has 1 saturated heterocycles. The first-order valence-corrected chi connectivity index (χ1v) is 9.97. The van der Waals surface area contributed by atoms with Crippen LogP contribution in [0.1, 0.15) is 17.5 Å². The Bertz CT molecular complexity index is 1180. The second kappa shape index (κ2) is 7.79. The number of carbonyl (C=O) groups is 1. The Morgan fingerprint density at radius 3 is 3.03 bits per heavy atom. The van der Waals surface area contributed by atoms with Gasteiger partial charge >= 0.3 is 0 Å². The number of alkyl halides is 1. The lowest BCUT2D eigenvalue weighted by molar-refractivity contribution is -0.139. The van der Waals surface area contributed by atoms with Gasteiger partial charge in [-0.25, -0.2) is 18.9 Å². The Morgan fingerprint density at radius 2 is 2.19 bits per heavy atom. The fourth-order valence-corrected chi connectivity index (χ4v) is 4.16. The van der Waals surface area contributed by atoms with Crippen LogP contribution in [-0.4, -0.2) is 67.8 Å². The number of halogens is 1. The van der Waals surface area contributed by atoms with Gasteiger partial charge in [-0.2, -0.15) is 10.4 Å². The lowest BCUT2D eigenvalue weighted by Crippen LogP contribution is -2.49. The summed E-state index contributed by atoms with van der Waals surface area (Å²) in [7, 11) is 0. The molecule has 0 N–H and O–H groups in total. The van der Waals surface area contributed by atoms with Crippen molar-refractivity contribution >= 4 is 17.4 Å². The normalized spacial score (nSPS) is 21.2. The summed E-state index contributed by atoms with van der Waals surface area (Å²) >= 11 is 0. The molecule has 5 rings (SSSR count). The number of hydrogen-bond acceptors (Lipinski definition) is 8. The highest BCUT2D eigenvalue weighted by atomic mass is 19.1. The summed E-state index contributed by atoms with van der Waals surface area (Å²) in [6.07, 6.45) is 6.74. The molecular weight excluding hydrogens is 403 g/mol. The van der Waals surface area contributed by atoms with Gasteiger partial charge in [-0.15, -0.1) is 0 Å². The maximum absolute atomic E-state index is 15.2. The molecule has 1 amide bonds. The molecular formula is C20H19FN8O2. The number of ether oxygens (including phenoxy) is 1. The van der Waals surface area contributed by atoms with E-state index in [2.05, 4.69) is 26.1 Å². The molecule has 0 aromatic carbocycles. The monoisotopic (exact) mass is 422 g/mol. The molecule has 5 heterocycles. The predicted octanol–water partition coefficient (Wildman–Crippen LogP) is 0.977. The van der Waals surface area contributed by atoms with E-state index in [0.717, 1.165) is 0 Å². The molecule has 0 spiro atoms. The van der Waals surface area contributed by atoms with Gasteiger partial charge < -0.3 is 14.5 Å². The molecule has 0 aliphatic carbocycles. The maximum atomic E-state index is 15.2. The highest BCUT2D eigenvalue weighted by Gasteiger charge is 2.38. The molecule has 31 heavy (non-hydrogen) atoms. The van der Waals surface area contributed by atoms with Crippen LogP contribution >= 0.6 is 0 Å². The first-order chi connectivity index (χ1) is 15.2. The molecule has 10 nitrogen and oxygen atoms in total. The number of pyridine rings is 1. The second-order valence-electron chi connectivity index (χ2n) is 7.53. The van der Waals surface area contributed by atoms with E-state index < -0.39 is 12.1 Å². The topological polar surface area (TPSA) is 113 Å². The number of aromatic nitrogens is 5. The van der Waals surface area contributed by atoms with Crippen LogP contribution in [0.25, 0.3) is 5.65 Å². The van der Waals surface area contributed by atoms with Gasteiger partial charge in [0.1, 0.15) is 36.5 Å². The van der Waals surface area contributed by atoms with Crippen LogP contribution in [0.5, 0.6) is 5.75 Å². The van der Waals surface area contributed by atoms with Crippen molar-refractivity contribution in [1.29, 1.82) is 5.26 Å². The number of fused-ring (bicyclic) bond motifs is 2. The Morgan fingerprint density at radius 1 is 1.29 bits per heavy atom. The molecule has 3 aromatic rings.